The maximum Gasteiger partial charge on any atom is 0.338 e. The zero-order valence-corrected chi connectivity index (χ0v) is 15.0. The van der Waals surface area contributed by atoms with Crippen LogP contribution in [0.2, 0.25) is 0 Å². The summed E-state index contributed by atoms with van der Waals surface area (Å²) in [6.07, 6.45) is 13.8. The number of carbonyl (C=O) groups is 1. The number of allylic oxidation sites excluding steroid dienone is 3. The molecule has 0 fully saturated rings. The van der Waals surface area contributed by atoms with Crippen LogP contribution < -0.4 is 4.74 Å². The van der Waals surface area contributed by atoms with Crippen LogP contribution in [0.4, 0.5) is 0 Å². The van der Waals surface area contributed by atoms with Crippen LogP contribution in [0.15, 0.2) is 48.3 Å². The van der Waals surface area contributed by atoms with E-state index in [0.29, 0.717) is 17.9 Å². The average Bonchev–Trinajstić information content (AvgIpc) is 3.15. The standard InChI is InChI=1S/C21H28O4/c1-2-3-4-5-6-9-16-23-21(22)18-12-14-20(15-13-18)25-17-24-19-10-7-8-11-19/h7-8,10,12-15H,2-6,9,11,16-17H2,1H3. The van der Waals surface area contributed by atoms with E-state index in [4.69, 9.17) is 14.2 Å². The smallest absolute Gasteiger partial charge is 0.338 e. The minimum Gasteiger partial charge on any atom is -0.462 e. The first-order valence-corrected chi connectivity index (χ1v) is 9.18. The summed E-state index contributed by atoms with van der Waals surface area (Å²) in [4.78, 5) is 12.0. The molecule has 2 rings (SSSR count). The Morgan fingerprint density at radius 1 is 1.00 bits per heavy atom. The lowest BCUT2D eigenvalue weighted by Crippen LogP contribution is -2.07. The third kappa shape index (κ3) is 7.46. The zero-order valence-electron chi connectivity index (χ0n) is 15.0. The van der Waals surface area contributed by atoms with Crippen molar-refractivity contribution in [3.05, 3.63) is 53.8 Å². The van der Waals surface area contributed by atoms with Crippen molar-refractivity contribution >= 4 is 5.97 Å². The van der Waals surface area contributed by atoms with Crippen LogP contribution in [-0.2, 0) is 9.47 Å². The number of ether oxygens (including phenoxy) is 3. The molecule has 0 aliphatic heterocycles. The highest BCUT2D eigenvalue weighted by Crippen LogP contribution is 2.16. The van der Waals surface area contributed by atoms with Crippen molar-refractivity contribution in [1.29, 1.82) is 0 Å². The Morgan fingerprint density at radius 3 is 2.48 bits per heavy atom. The summed E-state index contributed by atoms with van der Waals surface area (Å²) in [6, 6.07) is 6.95. The monoisotopic (exact) mass is 344 g/mol. The normalized spacial score (nSPS) is 12.8. The Hall–Kier alpha value is -2.23. The van der Waals surface area contributed by atoms with Crippen molar-refractivity contribution in [2.75, 3.05) is 13.4 Å². The van der Waals surface area contributed by atoms with E-state index in [2.05, 4.69) is 6.92 Å². The van der Waals surface area contributed by atoms with E-state index in [1.165, 1.54) is 25.7 Å². The molecule has 1 aromatic carbocycles. The molecule has 0 unspecified atom stereocenters. The largest absolute Gasteiger partial charge is 0.462 e. The molecule has 136 valence electrons. The Balaban J connectivity index is 1.60. The fraction of sp³-hybridized carbons (Fsp3) is 0.476. The second-order valence-electron chi connectivity index (χ2n) is 6.10. The summed E-state index contributed by atoms with van der Waals surface area (Å²) >= 11 is 0. The van der Waals surface area contributed by atoms with Crippen molar-refractivity contribution in [3.8, 4) is 5.75 Å². The molecule has 4 nitrogen and oxygen atoms in total. The number of hydrogen-bond donors (Lipinski definition) is 0. The van der Waals surface area contributed by atoms with Gasteiger partial charge in [0.15, 0.2) is 0 Å². The third-order valence-electron chi connectivity index (χ3n) is 4.03. The third-order valence-corrected chi connectivity index (χ3v) is 4.03. The molecule has 0 saturated heterocycles. The highest BCUT2D eigenvalue weighted by atomic mass is 16.7. The van der Waals surface area contributed by atoms with E-state index in [1.54, 1.807) is 24.3 Å². The van der Waals surface area contributed by atoms with Crippen molar-refractivity contribution in [1.82, 2.24) is 0 Å². The molecule has 25 heavy (non-hydrogen) atoms. The van der Waals surface area contributed by atoms with Crippen LogP contribution in [0.25, 0.3) is 0 Å². The Kier molecular flexibility index (Phi) is 8.67. The van der Waals surface area contributed by atoms with Gasteiger partial charge in [-0.3, -0.25) is 0 Å². The predicted molar refractivity (Wildman–Crippen MR) is 98.5 cm³/mol. The van der Waals surface area contributed by atoms with Crippen LogP contribution >= 0.6 is 0 Å². The van der Waals surface area contributed by atoms with Gasteiger partial charge < -0.3 is 14.2 Å². The lowest BCUT2D eigenvalue weighted by Gasteiger charge is -2.09. The Morgan fingerprint density at radius 2 is 1.76 bits per heavy atom. The molecule has 0 heterocycles. The summed E-state index contributed by atoms with van der Waals surface area (Å²) in [5.74, 6) is 1.28. The molecule has 0 N–H and O–H groups in total. The van der Waals surface area contributed by atoms with Gasteiger partial charge in [-0.05, 0) is 36.8 Å². The van der Waals surface area contributed by atoms with Crippen molar-refractivity contribution in [2.24, 2.45) is 0 Å². The molecule has 1 aliphatic rings. The van der Waals surface area contributed by atoms with Gasteiger partial charge in [0.2, 0.25) is 6.79 Å². The molecule has 4 heteroatoms. The van der Waals surface area contributed by atoms with E-state index < -0.39 is 0 Å². The quantitative estimate of drug-likeness (QED) is 0.289. The summed E-state index contributed by atoms with van der Waals surface area (Å²) in [5.41, 5.74) is 0.543. The van der Waals surface area contributed by atoms with Crippen LogP contribution in [0.3, 0.4) is 0 Å². The van der Waals surface area contributed by atoms with Crippen LogP contribution in [-0.4, -0.2) is 19.4 Å². The SMILES string of the molecule is CCCCCCCCOC(=O)c1ccc(OCOC2=CC=CC2)cc1. The van der Waals surface area contributed by atoms with Crippen molar-refractivity contribution in [2.45, 2.75) is 51.9 Å². The molecule has 0 radical (unpaired) electrons. The molecule has 1 aromatic rings. The first-order chi connectivity index (χ1) is 12.3. The zero-order chi connectivity index (χ0) is 17.7. The summed E-state index contributed by atoms with van der Waals surface area (Å²) in [5, 5.41) is 0. The van der Waals surface area contributed by atoms with E-state index in [-0.39, 0.29) is 12.8 Å². The van der Waals surface area contributed by atoms with E-state index in [9.17, 15) is 4.79 Å². The molecule has 1 aliphatic carbocycles. The molecule has 0 amide bonds. The summed E-state index contributed by atoms with van der Waals surface area (Å²) in [7, 11) is 0. The minimum atomic E-state index is -0.279. The van der Waals surface area contributed by atoms with Crippen LogP contribution in [0.1, 0.15) is 62.2 Å². The van der Waals surface area contributed by atoms with E-state index in [0.717, 1.165) is 25.0 Å². The van der Waals surface area contributed by atoms with Gasteiger partial charge in [-0.1, -0.05) is 51.2 Å². The predicted octanol–water partition coefficient (Wildman–Crippen LogP) is 5.40. The molecule has 0 aromatic heterocycles. The van der Waals surface area contributed by atoms with Gasteiger partial charge in [0.05, 0.1) is 12.2 Å². The molecule has 0 atom stereocenters. The van der Waals surface area contributed by atoms with Gasteiger partial charge in [0.1, 0.15) is 11.5 Å². The lowest BCUT2D eigenvalue weighted by atomic mass is 10.1. The van der Waals surface area contributed by atoms with Crippen LogP contribution in [0, 0.1) is 0 Å². The van der Waals surface area contributed by atoms with E-state index in [1.807, 2.05) is 18.2 Å². The summed E-state index contributed by atoms with van der Waals surface area (Å²) in [6.45, 7) is 2.85. The van der Waals surface area contributed by atoms with Crippen LogP contribution in [0.5, 0.6) is 5.75 Å². The molecular formula is C21H28O4. The number of benzene rings is 1. The molecular weight excluding hydrogens is 316 g/mol. The Bertz CT molecular complexity index is 572. The maximum atomic E-state index is 12.0. The number of carbonyl (C=O) groups excluding carboxylic acids is 1. The van der Waals surface area contributed by atoms with Gasteiger partial charge in [-0.15, -0.1) is 0 Å². The molecule has 0 bridgehead atoms. The highest BCUT2D eigenvalue weighted by molar-refractivity contribution is 5.89. The molecule has 0 saturated carbocycles. The van der Waals surface area contributed by atoms with Crippen molar-refractivity contribution in [3.63, 3.8) is 0 Å². The fourth-order valence-electron chi connectivity index (χ4n) is 2.53. The lowest BCUT2D eigenvalue weighted by molar-refractivity contribution is 0.0497. The van der Waals surface area contributed by atoms with Gasteiger partial charge in [-0.2, -0.15) is 0 Å². The second kappa shape index (κ2) is 11.3. The molecule has 0 spiro atoms. The topological polar surface area (TPSA) is 44.8 Å². The first kappa shape index (κ1) is 19.1. The van der Waals surface area contributed by atoms with Gasteiger partial charge >= 0.3 is 5.97 Å². The first-order valence-electron chi connectivity index (χ1n) is 9.18. The summed E-state index contributed by atoms with van der Waals surface area (Å²) < 4.78 is 16.3. The van der Waals surface area contributed by atoms with E-state index >= 15 is 0 Å². The number of hydrogen-bond acceptors (Lipinski definition) is 4. The van der Waals surface area contributed by atoms with Gasteiger partial charge in [0, 0.05) is 6.42 Å². The van der Waals surface area contributed by atoms with Gasteiger partial charge in [-0.25, -0.2) is 4.79 Å². The van der Waals surface area contributed by atoms with Gasteiger partial charge in [0.25, 0.3) is 0 Å². The second-order valence-corrected chi connectivity index (χ2v) is 6.10. The highest BCUT2D eigenvalue weighted by Gasteiger charge is 2.07. The fourth-order valence-corrected chi connectivity index (χ4v) is 2.53. The minimum absolute atomic E-state index is 0.162. The average molecular weight is 344 g/mol. The van der Waals surface area contributed by atoms with Crippen molar-refractivity contribution < 1.29 is 19.0 Å². The number of rotatable bonds is 12. The maximum absolute atomic E-state index is 12.0. The Labute approximate surface area is 150 Å². The number of esters is 1. The number of unbranched alkanes of at least 4 members (excludes halogenated alkanes) is 5.